The van der Waals surface area contributed by atoms with Gasteiger partial charge in [-0.15, -0.1) is 0 Å². The minimum Gasteiger partial charge on any atom is -0.496 e. The number of rotatable bonds is 12. The van der Waals surface area contributed by atoms with Crippen LogP contribution in [0.25, 0.3) is 0 Å². The second-order valence-electron chi connectivity index (χ2n) is 7.73. The fourth-order valence-electron chi connectivity index (χ4n) is 4.21. The number of methoxy groups -OCH3 is 9. The third kappa shape index (κ3) is 5.00. The summed E-state index contributed by atoms with van der Waals surface area (Å²) < 4.78 is 51.7. The molecule has 0 atom stereocenters. The van der Waals surface area contributed by atoms with Crippen LogP contribution in [0.2, 0.25) is 0 Å². The van der Waals surface area contributed by atoms with Crippen molar-refractivity contribution < 1.29 is 42.6 Å². The third-order valence-corrected chi connectivity index (χ3v) is 10.7. The van der Waals surface area contributed by atoms with Gasteiger partial charge in [-0.1, -0.05) is 0 Å². The SMILES string of the molecule is COc1cc(OC)c([P+](Cl)(c2c(OC)cc(OC)cc2OC)c2c(OC)cc(OC)cc2OC)c(OC)c1. The molecule has 0 fully saturated rings. The van der Waals surface area contributed by atoms with E-state index in [4.69, 9.17) is 53.9 Å². The lowest BCUT2D eigenvalue weighted by Crippen LogP contribution is -2.33. The van der Waals surface area contributed by atoms with Crippen molar-refractivity contribution in [1.29, 1.82) is 0 Å². The molecule has 0 radical (unpaired) electrons. The Morgan fingerprint density at radius 3 is 0.684 bits per heavy atom. The predicted octanol–water partition coefficient (Wildman–Crippen LogP) is 4.21. The first-order chi connectivity index (χ1) is 18.3. The first kappa shape index (κ1) is 29.1. The maximum absolute atomic E-state index is 8.01. The van der Waals surface area contributed by atoms with Gasteiger partial charge in [-0.05, 0) is 0 Å². The van der Waals surface area contributed by atoms with E-state index in [2.05, 4.69) is 0 Å². The summed E-state index contributed by atoms with van der Waals surface area (Å²) in [5, 5.41) is 1.61. The van der Waals surface area contributed by atoms with Gasteiger partial charge in [0.2, 0.25) is 22.5 Å². The summed E-state index contributed by atoms with van der Waals surface area (Å²) in [6, 6.07) is 10.4. The molecule has 0 aromatic heterocycles. The second kappa shape index (κ2) is 12.4. The fraction of sp³-hybridized carbons (Fsp3) is 0.333. The summed E-state index contributed by atoms with van der Waals surface area (Å²) in [5.41, 5.74) is 0. The second-order valence-corrected chi connectivity index (χ2v) is 11.8. The standard InChI is InChI=1S/C27H33ClO9P/c1-29-16-10-19(32-4)25(20(11-16)33-5)38(28,26-21(34-6)12-17(30-2)13-22(26)35-7)27-23(36-8)14-18(31-3)15-24(27)37-9/h10-15H,1-9H3/q+1. The lowest BCUT2D eigenvalue weighted by Gasteiger charge is -2.28. The van der Waals surface area contributed by atoms with Gasteiger partial charge >= 0.3 is 0 Å². The van der Waals surface area contributed by atoms with Crippen LogP contribution in [0.4, 0.5) is 0 Å². The number of halogens is 1. The molecule has 206 valence electrons. The van der Waals surface area contributed by atoms with E-state index in [1.165, 1.54) is 0 Å². The third-order valence-electron chi connectivity index (χ3n) is 5.99. The molecule has 38 heavy (non-hydrogen) atoms. The zero-order valence-electron chi connectivity index (χ0n) is 23.0. The molecule has 0 saturated heterocycles. The summed E-state index contributed by atoms with van der Waals surface area (Å²) >= 11 is 8.01. The number of ether oxygens (including phenoxy) is 9. The minimum atomic E-state index is -3.39. The van der Waals surface area contributed by atoms with Gasteiger partial charge in [0.15, 0.2) is 34.5 Å². The van der Waals surface area contributed by atoms with Crippen molar-refractivity contribution in [2.75, 3.05) is 64.0 Å². The largest absolute Gasteiger partial charge is 0.496 e. The van der Waals surface area contributed by atoms with E-state index in [0.29, 0.717) is 67.7 Å². The van der Waals surface area contributed by atoms with Crippen molar-refractivity contribution >= 4 is 33.8 Å². The number of hydrogen-bond donors (Lipinski definition) is 0. The van der Waals surface area contributed by atoms with Crippen molar-refractivity contribution in [3.63, 3.8) is 0 Å². The van der Waals surface area contributed by atoms with E-state index >= 15 is 0 Å². The van der Waals surface area contributed by atoms with Crippen LogP contribution < -0.4 is 58.5 Å². The summed E-state index contributed by atoms with van der Waals surface area (Å²) in [6.45, 7) is -3.39. The van der Waals surface area contributed by atoms with Gasteiger partial charge in [-0.3, -0.25) is 0 Å². The molecular formula is C27H33ClO9P+. The van der Waals surface area contributed by atoms with Gasteiger partial charge in [-0.25, -0.2) is 0 Å². The summed E-state index contributed by atoms with van der Waals surface area (Å²) in [5.74, 6) is 4.09. The Morgan fingerprint density at radius 2 is 0.553 bits per heavy atom. The molecule has 3 rings (SSSR count). The Balaban J connectivity index is 2.68. The molecule has 11 heteroatoms. The first-order valence-electron chi connectivity index (χ1n) is 11.3. The van der Waals surface area contributed by atoms with E-state index in [9.17, 15) is 0 Å². The molecule has 0 aliphatic carbocycles. The predicted molar refractivity (Wildman–Crippen MR) is 150 cm³/mol. The molecule has 0 bridgehead atoms. The van der Waals surface area contributed by atoms with E-state index in [-0.39, 0.29) is 0 Å². The summed E-state index contributed by atoms with van der Waals surface area (Å²) in [4.78, 5) is 0. The molecule has 0 heterocycles. The van der Waals surface area contributed by atoms with Gasteiger partial charge in [0.05, 0.1) is 64.0 Å². The van der Waals surface area contributed by atoms with Crippen LogP contribution in [0.15, 0.2) is 36.4 Å². The van der Waals surface area contributed by atoms with Crippen molar-refractivity contribution in [1.82, 2.24) is 0 Å². The zero-order chi connectivity index (χ0) is 28.0. The number of benzene rings is 3. The highest BCUT2D eigenvalue weighted by Crippen LogP contribution is 2.70. The Morgan fingerprint density at radius 1 is 0.368 bits per heavy atom. The maximum atomic E-state index is 8.01. The van der Waals surface area contributed by atoms with E-state index in [0.717, 1.165) is 0 Å². The van der Waals surface area contributed by atoms with E-state index in [1.807, 2.05) is 0 Å². The molecular weight excluding hydrogens is 535 g/mol. The Hall–Kier alpha value is -3.42. The van der Waals surface area contributed by atoms with Crippen LogP contribution in [-0.4, -0.2) is 64.0 Å². The normalized spacial score (nSPS) is 10.9. The topological polar surface area (TPSA) is 83.1 Å². The van der Waals surface area contributed by atoms with Crippen molar-refractivity contribution in [3.05, 3.63) is 36.4 Å². The van der Waals surface area contributed by atoms with Crippen LogP contribution in [0.5, 0.6) is 51.7 Å². The van der Waals surface area contributed by atoms with Gasteiger partial charge in [0, 0.05) is 36.4 Å². The highest BCUT2D eigenvalue weighted by molar-refractivity contribution is 8.15. The van der Waals surface area contributed by atoms with Gasteiger partial charge in [0.1, 0.15) is 28.5 Å². The van der Waals surface area contributed by atoms with E-state index in [1.54, 1.807) is 100 Å². The zero-order valence-corrected chi connectivity index (χ0v) is 24.6. The van der Waals surface area contributed by atoms with Gasteiger partial charge < -0.3 is 42.6 Å². The maximum Gasteiger partial charge on any atom is 0.233 e. The van der Waals surface area contributed by atoms with Gasteiger partial charge in [-0.2, -0.15) is 0 Å². The Bertz CT molecular complexity index is 1050. The Labute approximate surface area is 228 Å². The molecule has 0 saturated carbocycles. The Kier molecular flexibility index (Phi) is 9.52. The molecule has 0 N–H and O–H groups in total. The molecule has 0 unspecified atom stereocenters. The lowest BCUT2D eigenvalue weighted by atomic mass is 10.3. The van der Waals surface area contributed by atoms with E-state index < -0.39 is 6.62 Å². The van der Waals surface area contributed by atoms with Crippen molar-refractivity contribution in [3.8, 4) is 51.7 Å². The van der Waals surface area contributed by atoms with Crippen molar-refractivity contribution in [2.45, 2.75) is 0 Å². The summed E-state index contributed by atoms with van der Waals surface area (Å²) in [6.07, 6.45) is 0. The summed E-state index contributed by atoms with van der Waals surface area (Å²) in [7, 11) is 13.9. The highest BCUT2D eigenvalue weighted by atomic mass is 35.7. The average Bonchev–Trinajstić information content (AvgIpc) is 2.97. The molecule has 9 nitrogen and oxygen atoms in total. The molecule has 3 aromatic rings. The smallest absolute Gasteiger partial charge is 0.233 e. The van der Waals surface area contributed by atoms with Crippen LogP contribution in [0, 0.1) is 0 Å². The molecule has 0 amide bonds. The highest BCUT2D eigenvalue weighted by Gasteiger charge is 2.58. The van der Waals surface area contributed by atoms with Crippen molar-refractivity contribution in [2.24, 2.45) is 0 Å². The monoisotopic (exact) mass is 567 g/mol. The average molecular weight is 568 g/mol. The minimum absolute atomic E-state index is 0.421. The van der Waals surface area contributed by atoms with Crippen LogP contribution in [0.1, 0.15) is 0 Å². The fourth-order valence-corrected chi connectivity index (χ4v) is 9.14. The van der Waals surface area contributed by atoms with Crippen LogP contribution in [-0.2, 0) is 0 Å². The van der Waals surface area contributed by atoms with Crippen LogP contribution in [0.3, 0.4) is 0 Å². The lowest BCUT2D eigenvalue weighted by molar-refractivity contribution is 0.378. The molecule has 3 aromatic carbocycles. The molecule has 0 spiro atoms. The number of hydrogen-bond acceptors (Lipinski definition) is 9. The molecule has 0 aliphatic heterocycles. The molecule has 0 aliphatic rings. The van der Waals surface area contributed by atoms with Gasteiger partial charge in [0.25, 0.3) is 0 Å². The quantitative estimate of drug-likeness (QED) is 0.299. The first-order valence-corrected chi connectivity index (χ1v) is 14.0. The van der Waals surface area contributed by atoms with Crippen LogP contribution >= 0.6 is 17.9 Å².